The van der Waals surface area contributed by atoms with Gasteiger partial charge in [0.1, 0.15) is 0 Å². The SMILES string of the molecule is CCOC(=O)CSC(=O)c1cc(N2C(=O)C3=C(CCCC3)C2=O)ccc1Cl. The number of carbonyl (C=O) groups excluding carboxylic acids is 4. The maximum atomic E-state index is 12.7. The number of anilines is 1. The fraction of sp³-hybridized carbons (Fsp3) is 0.368. The molecular formula is C19H18ClNO5S. The summed E-state index contributed by atoms with van der Waals surface area (Å²) in [6.07, 6.45) is 2.98. The molecule has 0 unspecified atom stereocenters. The normalized spacial score (nSPS) is 16.6. The Balaban J connectivity index is 1.82. The first kappa shape index (κ1) is 19.6. The molecule has 0 bridgehead atoms. The Labute approximate surface area is 165 Å². The van der Waals surface area contributed by atoms with Crippen LogP contribution in [0.25, 0.3) is 0 Å². The van der Waals surface area contributed by atoms with Gasteiger partial charge in [0.25, 0.3) is 11.8 Å². The Bertz CT molecular complexity index is 836. The molecule has 1 heterocycles. The molecule has 0 saturated carbocycles. The molecule has 0 radical (unpaired) electrons. The van der Waals surface area contributed by atoms with Gasteiger partial charge in [0.05, 0.1) is 23.1 Å². The van der Waals surface area contributed by atoms with Crippen LogP contribution >= 0.6 is 23.4 Å². The van der Waals surface area contributed by atoms with Gasteiger partial charge in [0.2, 0.25) is 5.12 Å². The molecule has 142 valence electrons. The lowest BCUT2D eigenvalue weighted by Gasteiger charge is -2.16. The molecule has 1 aromatic rings. The number of nitrogens with zero attached hydrogens (tertiary/aromatic N) is 1. The second-order valence-electron chi connectivity index (χ2n) is 6.16. The van der Waals surface area contributed by atoms with Gasteiger partial charge in [-0.15, -0.1) is 0 Å². The van der Waals surface area contributed by atoms with Crippen molar-refractivity contribution in [2.45, 2.75) is 32.6 Å². The highest BCUT2D eigenvalue weighted by atomic mass is 35.5. The monoisotopic (exact) mass is 407 g/mol. The van der Waals surface area contributed by atoms with Crippen LogP contribution < -0.4 is 4.90 Å². The van der Waals surface area contributed by atoms with Crippen LogP contribution in [0.4, 0.5) is 5.69 Å². The molecule has 0 atom stereocenters. The molecule has 0 fully saturated rings. The minimum atomic E-state index is -0.495. The first-order valence-corrected chi connectivity index (χ1v) is 10.0. The van der Waals surface area contributed by atoms with Crippen LogP contribution in [0, 0.1) is 0 Å². The highest BCUT2D eigenvalue weighted by Crippen LogP contribution is 2.37. The van der Waals surface area contributed by atoms with E-state index in [9.17, 15) is 19.2 Å². The standard InChI is InChI=1S/C19H18ClNO5S/c1-2-26-16(22)10-27-19(25)14-9-11(7-8-15(14)20)21-17(23)12-5-3-4-6-13(12)18(21)24/h7-9H,2-6,10H2,1H3. The molecule has 1 aromatic carbocycles. The number of hydrogen-bond donors (Lipinski definition) is 0. The lowest BCUT2D eigenvalue weighted by Crippen LogP contribution is -2.31. The summed E-state index contributed by atoms with van der Waals surface area (Å²) >= 11 is 6.89. The van der Waals surface area contributed by atoms with Crippen LogP contribution in [0.5, 0.6) is 0 Å². The van der Waals surface area contributed by atoms with Crippen LogP contribution in [-0.4, -0.2) is 35.3 Å². The Hall–Kier alpha value is -2.12. The topological polar surface area (TPSA) is 80.8 Å². The van der Waals surface area contributed by atoms with Gasteiger partial charge in [0.15, 0.2) is 0 Å². The third-order valence-electron chi connectivity index (χ3n) is 4.44. The second-order valence-corrected chi connectivity index (χ2v) is 7.51. The van der Waals surface area contributed by atoms with Crippen LogP contribution in [-0.2, 0) is 19.1 Å². The van der Waals surface area contributed by atoms with Gasteiger partial charge in [-0.2, -0.15) is 0 Å². The average Bonchev–Trinajstić information content (AvgIpc) is 2.92. The summed E-state index contributed by atoms with van der Waals surface area (Å²) in [5.41, 5.74) is 1.61. The number of thioether (sulfide) groups is 1. The molecule has 27 heavy (non-hydrogen) atoms. The Kier molecular flexibility index (Phi) is 6.01. The molecular weight excluding hydrogens is 390 g/mol. The summed E-state index contributed by atoms with van der Waals surface area (Å²) in [5.74, 6) is -1.28. The van der Waals surface area contributed by atoms with Crippen LogP contribution in [0.3, 0.4) is 0 Å². The quantitative estimate of drug-likeness (QED) is 0.548. The number of benzene rings is 1. The minimum absolute atomic E-state index is 0.134. The van der Waals surface area contributed by atoms with Crippen LogP contribution in [0.2, 0.25) is 5.02 Å². The van der Waals surface area contributed by atoms with Crippen molar-refractivity contribution in [3.63, 3.8) is 0 Å². The third kappa shape index (κ3) is 3.94. The van der Waals surface area contributed by atoms with E-state index in [1.807, 2.05) is 0 Å². The summed E-state index contributed by atoms with van der Waals surface area (Å²) in [5, 5.41) is -0.233. The second kappa shape index (κ2) is 8.27. The maximum Gasteiger partial charge on any atom is 0.316 e. The van der Waals surface area contributed by atoms with E-state index in [4.69, 9.17) is 16.3 Å². The number of ether oxygens (including phenoxy) is 1. The first-order chi connectivity index (χ1) is 12.9. The summed E-state index contributed by atoms with van der Waals surface area (Å²) < 4.78 is 4.80. The van der Waals surface area contributed by atoms with Gasteiger partial charge < -0.3 is 4.74 Å². The van der Waals surface area contributed by atoms with Crippen molar-refractivity contribution >= 4 is 51.9 Å². The van der Waals surface area contributed by atoms with E-state index in [1.54, 1.807) is 13.0 Å². The first-order valence-electron chi connectivity index (χ1n) is 8.67. The number of halogens is 1. The van der Waals surface area contributed by atoms with Gasteiger partial charge in [-0.1, -0.05) is 23.4 Å². The van der Waals surface area contributed by atoms with E-state index in [-0.39, 0.29) is 34.8 Å². The Morgan fingerprint density at radius 2 is 1.78 bits per heavy atom. The molecule has 2 amide bonds. The fourth-order valence-electron chi connectivity index (χ4n) is 3.19. The zero-order valence-corrected chi connectivity index (χ0v) is 16.3. The van der Waals surface area contributed by atoms with E-state index in [1.165, 1.54) is 12.1 Å². The number of hydrogen-bond acceptors (Lipinski definition) is 6. The van der Waals surface area contributed by atoms with E-state index in [2.05, 4.69) is 0 Å². The number of imide groups is 1. The summed E-state index contributed by atoms with van der Waals surface area (Å²) in [6.45, 7) is 1.92. The highest BCUT2D eigenvalue weighted by molar-refractivity contribution is 8.14. The smallest absolute Gasteiger partial charge is 0.316 e. The average molecular weight is 408 g/mol. The number of rotatable bonds is 5. The number of carbonyl (C=O) groups is 4. The zero-order chi connectivity index (χ0) is 19.6. The van der Waals surface area contributed by atoms with Crippen molar-refractivity contribution in [2.75, 3.05) is 17.3 Å². The van der Waals surface area contributed by atoms with E-state index in [0.29, 0.717) is 29.7 Å². The van der Waals surface area contributed by atoms with Crippen molar-refractivity contribution in [1.82, 2.24) is 0 Å². The fourth-order valence-corrected chi connectivity index (χ4v) is 4.10. The molecule has 6 nitrogen and oxygen atoms in total. The molecule has 2 aliphatic rings. The Morgan fingerprint density at radius 1 is 1.15 bits per heavy atom. The molecule has 0 spiro atoms. The number of esters is 1. The Morgan fingerprint density at radius 3 is 2.37 bits per heavy atom. The molecule has 3 rings (SSSR count). The van der Waals surface area contributed by atoms with Gasteiger partial charge in [0, 0.05) is 16.7 Å². The predicted octanol–water partition coefficient (Wildman–Crippen LogP) is 3.52. The minimum Gasteiger partial charge on any atom is -0.465 e. The maximum absolute atomic E-state index is 12.7. The van der Waals surface area contributed by atoms with Gasteiger partial charge in [-0.05, 0) is 50.8 Å². The van der Waals surface area contributed by atoms with Crippen molar-refractivity contribution in [3.8, 4) is 0 Å². The highest BCUT2D eigenvalue weighted by Gasteiger charge is 2.39. The van der Waals surface area contributed by atoms with Gasteiger partial charge in [-0.3, -0.25) is 19.2 Å². The molecule has 8 heteroatoms. The molecule has 0 N–H and O–H groups in total. The van der Waals surface area contributed by atoms with Crippen LogP contribution in [0.1, 0.15) is 43.0 Å². The zero-order valence-electron chi connectivity index (χ0n) is 14.7. The largest absolute Gasteiger partial charge is 0.465 e. The predicted molar refractivity (Wildman–Crippen MR) is 103 cm³/mol. The van der Waals surface area contributed by atoms with Crippen molar-refractivity contribution in [3.05, 3.63) is 39.9 Å². The third-order valence-corrected chi connectivity index (χ3v) is 5.64. The van der Waals surface area contributed by atoms with E-state index >= 15 is 0 Å². The molecule has 1 aliphatic heterocycles. The van der Waals surface area contributed by atoms with Crippen molar-refractivity contribution < 1.29 is 23.9 Å². The van der Waals surface area contributed by atoms with Crippen molar-refractivity contribution in [1.29, 1.82) is 0 Å². The van der Waals surface area contributed by atoms with Gasteiger partial charge >= 0.3 is 5.97 Å². The van der Waals surface area contributed by atoms with Crippen LogP contribution in [0.15, 0.2) is 29.3 Å². The summed E-state index contributed by atoms with van der Waals surface area (Å²) in [7, 11) is 0. The van der Waals surface area contributed by atoms with E-state index in [0.717, 1.165) is 29.5 Å². The lowest BCUT2D eigenvalue weighted by molar-refractivity contribution is -0.139. The number of amides is 2. The van der Waals surface area contributed by atoms with Gasteiger partial charge in [-0.25, -0.2) is 4.90 Å². The summed E-state index contributed by atoms with van der Waals surface area (Å²) in [4.78, 5) is 50.3. The van der Waals surface area contributed by atoms with E-state index < -0.39 is 11.1 Å². The van der Waals surface area contributed by atoms with Crippen molar-refractivity contribution in [2.24, 2.45) is 0 Å². The summed E-state index contributed by atoms with van der Waals surface area (Å²) in [6, 6.07) is 4.45. The molecule has 0 aromatic heterocycles. The molecule has 0 saturated heterocycles. The lowest BCUT2D eigenvalue weighted by atomic mass is 9.93. The molecule has 1 aliphatic carbocycles.